The van der Waals surface area contributed by atoms with Crippen molar-refractivity contribution in [2.45, 2.75) is 38.5 Å². The summed E-state index contributed by atoms with van der Waals surface area (Å²) in [7, 11) is 0. The Bertz CT molecular complexity index is 279. The predicted molar refractivity (Wildman–Crippen MR) is 59.0 cm³/mol. The molecule has 1 rings (SSSR count). The number of hydrogen-bond acceptors (Lipinski definition) is 1. The Morgan fingerprint density at radius 1 is 1.21 bits per heavy atom. The standard InChI is InChI=1S/C13H17O/c1-3-10-13(4-2,11-14)12-8-6-5-7-9-12/h5-9H,3-4,10H2,1-2H3. The maximum absolute atomic E-state index is 11.1. The Labute approximate surface area is 86.1 Å². The van der Waals surface area contributed by atoms with Crippen LogP contribution in [0.1, 0.15) is 38.7 Å². The molecular weight excluding hydrogens is 172 g/mol. The van der Waals surface area contributed by atoms with Gasteiger partial charge in [-0.25, -0.2) is 0 Å². The summed E-state index contributed by atoms with van der Waals surface area (Å²) in [5.74, 6) is 0. The Morgan fingerprint density at radius 3 is 2.29 bits per heavy atom. The maximum atomic E-state index is 11.1. The fraction of sp³-hybridized carbons (Fsp3) is 0.462. The highest BCUT2D eigenvalue weighted by molar-refractivity contribution is 5.69. The van der Waals surface area contributed by atoms with E-state index in [9.17, 15) is 4.79 Å². The summed E-state index contributed by atoms with van der Waals surface area (Å²) in [6.45, 7) is 4.15. The largest absolute Gasteiger partial charge is 0.290 e. The molecule has 14 heavy (non-hydrogen) atoms. The SMILES string of the molecule is CCCC([C]=O)(CC)c1ccccc1. The lowest BCUT2D eigenvalue weighted by Crippen LogP contribution is -2.26. The van der Waals surface area contributed by atoms with Gasteiger partial charge in [-0.3, -0.25) is 4.79 Å². The van der Waals surface area contributed by atoms with Gasteiger partial charge in [0.1, 0.15) is 0 Å². The molecule has 1 atom stereocenters. The van der Waals surface area contributed by atoms with Crippen molar-refractivity contribution in [1.29, 1.82) is 0 Å². The van der Waals surface area contributed by atoms with E-state index in [4.69, 9.17) is 0 Å². The van der Waals surface area contributed by atoms with Gasteiger partial charge < -0.3 is 0 Å². The van der Waals surface area contributed by atoms with E-state index in [2.05, 4.69) is 13.2 Å². The Morgan fingerprint density at radius 2 is 1.86 bits per heavy atom. The average molecular weight is 189 g/mol. The van der Waals surface area contributed by atoms with Crippen molar-refractivity contribution >= 4 is 6.29 Å². The molecule has 75 valence electrons. The molecule has 0 amide bonds. The van der Waals surface area contributed by atoms with Gasteiger partial charge in [0.05, 0.1) is 5.41 Å². The molecule has 0 N–H and O–H groups in total. The molecule has 1 aromatic rings. The first-order valence-corrected chi connectivity index (χ1v) is 5.24. The summed E-state index contributed by atoms with van der Waals surface area (Å²) in [5.41, 5.74) is 0.718. The first-order chi connectivity index (χ1) is 6.79. The van der Waals surface area contributed by atoms with E-state index in [0.717, 1.165) is 24.8 Å². The van der Waals surface area contributed by atoms with Crippen LogP contribution in [0.5, 0.6) is 0 Å². The Kier molecular flexibility index (Phi) is 3.87. The van der Waals surface area contributed by atoms with Gasteiger partial charge in [0.15, 0.2) is 0 Å². The van der Waals surface area contributed by atoms with Gasteiger partial charge in [-0.1, -0.05) is 50.6 Å². The Hall–Kier alpha value is -1.11. The van der Waals surface area contributed by atoms with Gasteiger partial charge in [0.2, 0.25) is 6.29 Å². The number of hydrogen-bond donors (Lipinski definition) is 0. The lowest BCUT2D eigenvalue weighted by molar-refractivity contribution is 0.446. The van der Waals surface area contributed by atoms with Crippen LogP contribution in [0.3, 0.4) is 0 Å². The molecule has 0 spiro atoms. The van der Waals surface area contributed by atoms with Crippen LogP contribution in [0.2, 0.25) is 0 Å². The molecule has 0 bridgehead atoms. The van der Waals surface area contributed by atoms with E-state index < -0.39 is 0 Å². The average Bonchev–Trinajstić information content (AvgIpc) is 2.27. The molecule has 0 aromatic heterocycles. The van der Waals surface area contributed by atoms with Gasteiger partial charge in [-0.2, -0.15) is 0 Å². The van der Waals surface area contributed by atoms with Crippen LogP contribution in [-0.2, 0) is 10.2 Å². The molecule has 0 heterocycles. The summed E-state index contributed by atoms with van der Waals surface area (Å²) in [5, 5.41) is 0. The summed E-state index contributed by atoms with van der Waals surface area (Å²) in [4.78, 5) is 11.1. The smallest absolute Gasteiger partial charge is 0.209 e. The topological polar surface area (TPSA) is 17.1 Å². The van der Waals surface area contributed by atoms with E-state index in [0.29, 0.717) is 0 Å². The summed E-state index contributed by atoms with van der Waals surface area (Å²) < 4.78 is 0. The van der Waals surface area contributed by atoms with Crippen molar-refractivity contribution in [2.75, 3.05) is 0 Å². The Balaban J connectivity index is 3.04. The van der Waals surface area contributed by atoms with E-state index in [1.54, 1.807) is 0 Å². The summed E-state index contributed by atoms with van der Waals surface area (Å²) in [6, 6.07) is 9.97. The number of carbonyl (C=O) groups excluding carboxylic acids is 1. The molecule has 0 fully saturated rings. The quantitative estimate of drug-likeness (QED) is 0.695. The molecule has 0 aliphatic heterocycles. The summed E-state index contributed by atoms with van der Waals surface area (Å²) in [6.07, 6.45) is 4.96. The van der Waals surface area contributed by atoms with Crippen LogP contribution in [0.4, 0.5) is 0 Å². The molecule has 1 heteroatoms. The highest BCUT2D eigenvalue weighted by Gasteiger charge is 2.29. The zero-order valence-electron chi connectivity index (χ0n) is 8.92. The molecular formula is C13H17O. The van der Waals surface area contributed by atoms with E-state index in [1.807, 2.05) is 37.3 Å². The van der Waals surface area contributed by atoms with Crippen LogP contribution in [0, 0.1) is 0 Å². The van der Waals surface area contributed by atoms with E-state index in [1.165, 1.54) is 0 Å². The van der Waals surface area contributed by atoms with Crippen molar-refractivity contribution in [3.05, 3.63) is 35.9 Å². The van der Waals surface area contributed by atoms with Crippen molar-refractivity contribution in [3.63, 3.8) is 0 Å². The lowest BCUT2D eigenvalue weighted by atomic mass is 9.76. The van der Waals surface area contributed by atoms with Crippen molar-refractivity contribution < 1.29 is 4.79 Å². The zero-order chi connectivity index (χ0) is 10.4. The first kappa shape index (κ1) is 11.0. The second-order valence-corrected chi connectivity index (χ2v) is 3.65. The minimum atomic E-state index is -0.379. The molecule has 0 aliphatic carbocycles. The minimum absolute atomic E-state index is 0.379. The van der Waals surface area contributed by atoms with Gasteiger partial charge in [0, 0.05) is 0 Å². The molecule has 0 saturated heterocycles. The zero-order valence-corrected chi connectivity index (χ0v) is 8.92. The predicted octanol–water partition coefficient (Wildman–Crippen LogP) is 3.24. The fourth-order valence-corrected chi connectivity index (χ4v) is 1.89. The van der Waals surface area contributed by atoms with Crippen LogP contribution in [0.25, 0.3) is 0 Å². The molecule has 0 aliphatic rings. The third-order valence-corrected chi connectivity index (χ3v) is 2.80. The lowest BCUT2D eigenvalue weighted by Gasteiger charge is -2.25. The summed E-state index contributed by atoms with van der Waals surface area (Å²) >= 11 is 0. The van der Waals surface area contributed by atoms with Crippen LogP contribution < -0.4 is 0 Å². The third-order valence-electron chi connectivity index (χ3n) is 2.80. The fourth-order valence-electron chi connectivity index (χ4n) is 1.89. The molecule has 1 unspecified atom stereocenters. The van der Waals surface area contributed by atoms with Crippen molar-refractivity contribution in [1.82, 2.24) is 0 Å². The maximum Gasteiger partial charge on any atom is 0.209 e. The minimum Gasteiger partial charge on any atom is -0.290 e. The first-order valence-electron chi connectivity index (χ1n) is 5.24. The normalized spacial score (nSPS) is 14.7. The molecule has 0 saturated carbocycles. The second-order valence-electron chi connectivity index (χ2n) is 3.65. The van der Waals surface area contributed by atoms with Gasteiger partial charge in [-0.05, 0) is 18.4 Å². The molecule has 1 radical (unpaired) electrons. The third kappa shape index (κ3) is 2.03. The molecule has 1 aromatic carbocycles. The van der Waals surface area contributed by atoms with Gasteiger partial charge in [0.25, 0.3) is 0 Å². The molecule has 1 nitrogen and oxygen atoms in total. The van der Waals surface area contributed by atoms with Crippen molar-refractivity contribution in [2.24, 2.45) is 0 Å². The van der Waals surface area contributed by atoms with Crippen LogP contribution in [-0.4, -0.2) is 6.29 Å². The van der Waals surface area contributed by atoms with Gasteiger partial charge >= 0.3 is 0 Å². The van der Waals surface area contributed by atoms with Crippen LogP contribution >= 0.6 is 0 Å². The van der Waals surface area contributed by atoms with E-state index >= 15 is 0 Å². The highest BCUT2D eigenvalue weighted by atomic mass is 16.1. The van der Waals surface area contributed by atoms with Crippen LogP contribution in [0.15, 0.2) is 30.3 Å². The second kappa shape index (κ2) is 4.94. The highest BCUT2D eigenvalue weighted by Crippen LogP contribution is 2.30. The van der Waals surface area contributed by atoms with Gasteiger partial charge in [-0.15, -0.1) is 0 Å². The number of benzene rings is 1. The van der Waals surface area contributed by atoms with Crippen molar-refractivity contribution in [3.8, 4) is 0 Å². The number of rotatable bonds is 5. The van der Waals surface area contributed by atoms with E-state index in [-0.39, 0.29) is 5.41 Å². The monoisotopic (exact) mass is 189 g/mol.